The van der Waals surface area contributed by atoms with Crippen LogP contribution in [0, 0.1) is 5.82 Å². The van der Waals surface area contributed by atoms with E-state index in [0.29, 0.717) is 5.69 Å². The molecule has 0 radical (unpaired) electrons. The van der Waals surface area contributed by atoms with Crippen LogP contribution in [0.25, 0.3) is 0 Å². The minimum atomic E-state index is -3.39. The number of benzene rings is 2. The molecule has 4 nitrogen and oxygen atoms in total. The zero-order valence-corrected chi connectivity index (χ0v) is 11.8. The highest BCUT2D eigenvalue weighted by Gasteiger charge is 2.32. The van der Waals surface area contributed by atoms with Crippen LogP contribution in [-0.2, 0) is 9.84 Å². The predicted octanol–water partition coefficient (Wildman–Crippen LogP) is 2.26. The van der Waals surface area contributed by atoms with Gasteiger partial charge >= 0.3 is 0 Å². The van der Waals surface area contributed by atoms with Gasteiger partial charge in [0.2, 0.25) is 0 Å². The van der Waals surface area contributed by atoms with Crippen molar-refractivity contribution < 1.29 is 17.6 Å². The van der Waals surface area contributed by atoms with E-state index in [2.05, 4.69) is 0 Å². The van der Waals surface area contributed by atoms with E-state index >= 15 is 0 Å². The maximum atomic E-state index is 13.8. The van der Waals surface area contributed by atoms with Crippen LogP contribution in [0.1, 0.15) is 10.4 Å². The number of hydrogen-bond donors (Lipinski definition) is 0. The molecule has 0 saturated heterocycles. The van der Waals surface area contributed by atoms with Crippen molar-refractivity contribution in [3.8, 4) is 0 Å². The number of sulfone groups is 1. The van der Waals surface area contributed by atoms with E-state index in [1.807, 2.05) is 0 Å². The van der Waals surface area contributed by atoms with Gasteiger partial charge in [0.25, 0.3) is 5.91 Å². The summed E-state index contributed by atoms with van der Waals surface area (Å²) in [5, 5.41) is 0. The van der Waals surface area contributed by atoms with E-state index in [1.54, 1.807) is 24.3 Å². The lowest BCUT2D eigenvalue weighted by molar-refractivity contribution is 0.0983. The molecule has 1 amide bonds. The molecule has 2 aromatic carbocycles. The second-order valence-electron chi connectivity index (χ2n) is 4.72. The van der Waals surface area contributed by atoms with Gasteiger partial charge in [-0.05, 0) is 24.3 Å². The standard InChI is InChI=1S/C15H12FNO3S/c16-12-6-2-1-5-11(12)15(18)17-9-10-21(19,20)14-8-4-3-7-13(14)17/h1-8H,9-10H2. The van der Waals surface area contributed by atoms with E-state index in [1.165, 1.54) is 29.2 Å². The predicted molar refractivity (Wildman–Crippen MR) is 76.6 cm³/mol. The molecule has 21 heavy (non-hydrogen) atoms. The Morgan fingerprint density at radius 1 is 1.05 bits per heavy atom. The summed E-state index contributed by atoms with van der Waals surface area (Å²) in [5.74, 6) is -1.31. The van der Waals surface area contributed by atoms with E-state index < -0.39 is 21.6 Å². The first-order valence-corrected chi connectivity index (χ1v) is 8.04. The number of rotatable bonds is 1. The van der Waals surface area contributed by atoms with E-state index in [0.717, 1.165) is 0 Å². The number of fused-ring (bicyclic) bond motifs is 1. The first-order chi connectivity index (χ1) is 10.0. The van der Waals surface area contributed by atoms with Crippen LogP contribution in [0.4, 0.5) is 10.1 Å². The summed E-state index contributed by atoms with van der Waals surface area (Å²) < 4.78 is 37.8. The summed E-state index contributed by atoms with van der Waals surface area (Å²) in [6.07, 6.45) is 0. The monoisotopic (exact) mass is 305 g/mol. The van der Waals surface area contributed by atoms with E-state index in [4.69, 9.17) is 0 Å². The molecule has 1 aliphatic rings. The van der Waals surface area contributed by atoms with Crippen LogP contribution in [-0.4, -0.2) is 26.6 Å². The summed E-state index contributed by atoms with van der Waals surface area (Å²) in [7, 11) is -3.39. The molecule has 0 fully saturated rings. The van der Waals surface area contributed by atoms with Crippen molar-refractivity contribution in [2.75, 3.05) is 17.2 Å². The number of anilines is 1. The molecule has 3 rings (SSSR count). The molecule has 1 aliphatic heterocycles. The zero-order chi connectivity index (χ0) is 15.0. The average molecular weight is 305 g/mol. The van der Waals surface area contributed by atoms with E-state index in [9.17, 15) is 17.6 Å². The van der Waals surface area contributed by atoms with Crippen LogP contribution >= 0.6 is 0 Å². The Balaban J connectivity index is 2.09. The van der Waals surface area contributed by atoms with Crippen LogP contribution in [0.15, 0.2) is 53.4 Å². The van der Waals surface area contributed by atoms with Gasteiger partial charge in [-0.25, -0.2) is 12.8 Å². The van der Waals surface area contributed by atoms with Gasteiger partial charge in [0.1, 0.15) is 5.82 Å². The summed E-state index contributed by atoms with van der Waals surface area (Å²) in [4.78, 5) is 13.9. The summed E-state index contributed by atoms with van der Waals surface area (Å²) >= 11 is 0. The molecule has 0 aliphatic carbocycles. The lowest BCUT2D eigenvalue weighted by atomic mass is 10.1. The molecule has 0 aromatic heterocycles. The molecule has 0 unspecified atom stereocenters. The average Bonchev–Trinajstić information content (AvgIpc) is 2.47. The largest absolute Gasteiger partial charge is 0.306 e. The van der Waals surface area contributed by atoms with Gasteiger partial charge in [0.15, 0.2) is 9.84 Å². The first kappa shape index (κ1) is 13.8. The lowest BCUT2D eigenvalue weighted by Crippen LogP contribution is -2.40. The van der Waals surface area contributed by atoms with Crippen LogP contribution < -0.4 is 4.90 Å². The summed E-state index contributed by atoms with van der Waals surface area (Å²) in [6.45, 7) is 0.0204. The minimum Gasteiger partial charge on any atom is -0.306 e. The number of carbonyl (C=O) groups is 1. The highest BCUT2D eigenvalue weighted by molar-refractivity contribution is 7.91. The molecule has 6 heteroatoms. The second kappa shape index (κ2) is 4.96. The van der Waals surface area contributed by atoms with Crippen molar-refractivity contribution in [1.29, 1.82) is 0 Å². The van der Waals surface area contributed by atoms with Crippen molar-refractivity contribution in [3.63, 3.8) is 0 Å². The number of carbonyl (C=O) groups excluding carboxylic acids is 1. The van der Waals surface area contributed by atoms with Gasteiger partial charge in [-0.1, -0.05) is 24.3 Å². The third kappa shape index (κ3) is 2.31. The minimum absolute atomic E-state index is 0.0204. The highest BCUT2D eigenvalue weighted by Crippen LogP contribution is 2.31. The van der Waals surface area contributed by atoms with Gasteiger partial charge in [-0.2, -0.15) is 0 Å². The lowest BCUT2D eigenvalue weighted by Gasteiger charge is -2.29. The first-order valence-electron chi connectivity index (χ1n) is 6.39. The quantitative estimate of drug-likeness (QED) is 0.812. The molecular weight excluding hydrogens is 293 g/mol. The van der Waals surface area contributed by atoms with Crippen LogP contribution in [0.5, 0.6) is 0 Å². The Hall–Kier alpha value is -2.21. The normalized spacial score (nSPS) is 16.3. The van der Waals surface area contributed by atoms with Crippen LogP contribution in [0.3, 0.4) is 0 Å². The third-order valence-corrected chi connectivity index (χ3v) is 5.16. The molecule has 2 aromatic rings. The summed E-state index contributed by atoms with van der Waals surface area (Å²) in [6, 6.07) is 12.0. The maximum absolute atomic E-state index is 13.8. The molecule has 1 heterocycles. The molecular formula is C15H12FNO3S. The molecule has 0 spiro atoms. The van der Waals surface area contributed by atoms with Crippen molar-refractivity contribution >= 4 is 21.4 Å². The number of amides is 1. The fraction of sp³-hybridized carbons (Fsp3) is 0.133. The molecule has 0 saturated carbocycles. The van der Waals surface area contributed by atoms with Gasteiger partial charge in [-0.3, -0.25) is 4.79 Å². The molecule has 108 valence electrons. The number of hydrogen-bond acceptors (Lipinski definition) is 3. The van der Waals surface area contributed by atoms with Crippen molar-refractivity contribution in [2.24, 2.45) is 0 Å². The zero-order valence-electron chi connectivity index (χ0n) is 11.0. The summed E-state index contributed by atoms with van der Waals surface area (Å²) in [5.41, 5.74) is 0.239. The Labute approximate surface area is 121 Å². The fourth-order valence-corrected chi connectivity index (χ4v) is 3.80. The molecule has 0 bridgehead atoms. The fourth-order valence-electron chi connectivity index (χ4n) is 2.38. The smallest absolute Gasteiger partial charge is 0.261 e. The van der Waals surface area contributed by atoms with Crippen molar-refractivity contribution in [1.82, 2.24) is 0 Å². The number of para-hydroxylation sites is 1. The highest BCUT2D eigenvalue weighted by atomic mass is 32.2. The van der Waals surface area contributed by atoms with Crippen molar-refractivity contribution in [2.45, 2.75) is 4.90 Å². The Morgan fingerprint density at radius 3 is 2.48 bits per heavy atom. The van der Waals surface area contributed by atoms with Gasteiger partial charge in [0.05, 0.1) is 21.9 Å². The molecule has 0 N–H and O–H groups in total. The third-order valence-electron chi connectivity index (χ3n) is 3.42. The van der Waals surface area contributed by atoms with Crippen molar-refractivity contribution in [3.05, 3.63) is 59.9 Å². The Morgan fingerprint density at radius 2 is 1.71 bits per heavy atom. The van der Waals surface area contributed by atoms with Gasteiger partial charge < -0.3 is 4.90 Å². The Bertz CT molecular complexity index is 817. The topological polar surface area (TPSA) is 54.5 Å². The SMILES string of the molecule is O=C(c1ccccc1F)N1CCS(=O)(=O)c2ccccc21. The number of halogens is 1. The van der Waals surface area contributed by atoms with Crippen LogP contribution in [0.2, 0.25) is 0 Å². The second-order valence-corrected chi connectivity index (χ2v) is 6.80. The Kier molecular flexibility index (Phi) is 3.25. The maximum Gasteiger partial charge on any atom is 0.261 e. The molecule has 0 atom stereocenters. The number of nitrogens with zero attached hydrogens (tertiary/aromatic N) is 1. The van der Waals surface area contributed by atoms with Gasteiger partial charge in [-0.15, -0.1) is 0 Å². The van der Waals surface area contributed by atoms with Gasteiger partial charge in [0, 0.05) is 6.54 Å². The van der Waals surface area contributed by atoms with E-state index in [-0.39, 0.29) is 22.8 Å².